The third-order valence-electron chi connectivity index (χ3n) is 7.41. The van der Waals surface area contributed by atoms with Crippen molar-refractivity contribution in [1.29, 1.82) is 0 Å². The van der Waals surface area contributed by atoms with Crippen LogP contribution >= 0.6 is 0 Å². The molecule has 4 aromatic carbocycles. The van der Waals surface area contributed by atoms with E-state index in [1.54, 1.807) is 0 Å². The average Bonchev–Trinajstić information content (AvgIpc) is 2.83. The van der Waals surface area contributed by atoms with Gasteiger partial charge in [-0.2, -0.15) is 0 Å². The number of hydrogen-bond acceptors (Lipinski definition) is 2. The van der Waals surface area contributed by atoms with Gasteiger partial charge in [0.1, 0.15) is 0 Å². The smallest absolute Gasteiger partial charge is 0.0464 e. The Bertz CT molecular complexity index is 1250. The van der Waals surface area contributed by atoms with Gasteiger partial charge < -0.3 is 10.2 Å². The fourth-order valence-corrected chi connectivity index (χ4v) is 5.08. The van der Waals surface area contributed by atoms with E-state index < -0.39 is 0 Å². The number of nitrogens with one attached hydrogen (secondary N) is 1. The lowest BCUT2D eigenvalue weighted by Gasteiger charge is -2.30. The molecule has 0 atom stereocenters. The molecule has 0 amide bonds. The lowest BCUT2D eigenvalue weighted by atomic mass is 9.87. The number of hydrogen-bond donors (Lipinski definition) is 1. The molecule has 170 valence electrons. The van der Waals surface area contributed by atoms with E-state index in [0.29, 0.717) is 0 Å². The van der Waals surface area contributed by atoms with E-state index in [1.165, 1.54) is 83.4 Å². The van der Waals surface area contributed by atoms with Crippen LogP contribution in [0.15, 0.2) is 84.9 Å². The molecule has 2 aliphatic rings. The molecule has 0 saturated heterocycles. The van der Waals surface area contributed by atoms with Crippen molar-refractivity contribution >= 4 is 28.4 Å². The highest BCUT2D eigenvalue weighted by Crippen LogP contribution is 2.40. The van der Waals surface area contributed by atoms with Crippen molar-refractivity contribution < 1.29 is 0 Å². The van der Waals surface area contributed by atoms with E-state index in [-0.39, 0.29) is 0 Å². The first-order chi connectivity index (χ1) is 16.8. The molecule has 34 heavy (non-hydrogen) atoms. The molecule has 0 radical (unpaired) electrons. The highest BCUT2D eigenvalue weighted by atomic mass is 15.1. The van der Waals surface area contributed by atoms with Crippen LogP contribution in [0.1, 0.15) is 47.6 Å². The minimum absolute atomic E-state index is 1.11. The van der Waals surface area contributed by atoms with E-state index in [9.17, 15) is 0 Å². The van der Waals surface area contributed by atoms with E-state index >= 15 is 0 Å². The van der Waals surface area contributed by atoms with Crippen molar-refractivity contribution in [2.24, 2.45) is 0 Å². The quantitative estimate of drug-likeness (QED) is 0.293. The first-order valence-electron chi connectivity index (χ1n) is 12.8. The number of aryl methyl sites for hydroxylation is 5. The van der Waals surface area contributed by atoms with Gasteiger partial charge in [0, 0.05) is 28.4 Å². The molecule has 0 fully saturated rings. The molecular weight excluding hydrogens is 412 g/mol. The SMILES string of the molecule is CCCCc1ccc(Nc2ccc(N(c3ccc4c(c3)CC4)c3ccc4c(c3)CC4)cc2)cc1. The van der Waals surface area contributed by atoms with Crippen LogP contribution in [0.3, 0.4) is 0 Å². The Hall–Kier alpha value is -3.52. The van der Waals surface area contributed by atoms with E-state index in [4.69, 9.17) is 0 Å². The largest absolute Gasteiger partial charge is 0.356 e. The third kappa shape index (κ3) is 4.09. The summed E-state index contributed by atoms with van der Waals surface area (Å²) >= 11 is 0. The zero-order valence-electron chi connectivity index (χ0n) is 20.0. The molecule has 0 unspecified atom stereocenters. The summed E-state index contributed by atoms with van der Waals surface area (Å²) in [7, 11) is 0. The van der Waals surface area contributed by atoms with Gasteiger partial charge in [0.25, 0.3) is 0 Å². The first kappa shape index (κ1) is 21.0. The summed E-state index contributed by atoms with van der Waals surface area (Å²) in [5.74, 6) is 0. The summed E-state index contributed by atoms with van der Waals surface area (Å²) in [4.78, 5) is 2.41. The monoisotopic (exact) mass is 444 g/mol. The molecule has 6 rings (SSSR count). The van der Waals surface area contributed by atoms with Gasteiger partial charge in [0.2, 0.25) is 0 Å². The van der Waals surface area contributed by atoms with Crippen LogP contribution in [-0.4, -0.2) is 0 Å². The second-order valence-corrected chi connectivity index (χ2v) is 9.71. The Labute approximate surface area is 203 Å². The minimum Gasteiger partial charge on any atom is -0.356 e. The number of anilines is 5. The molecule has 0 aliphatic heterocycles. The number of unbranched alkanes of at least 4 members (excludes halogenated alkanes) is 1. The van der Waals surface area contributed by atoms with Crippen LogP contribution in [-0.2, 0) is 32.1 Å². The molecule has 1 N–H and O–H groups in total. The Morgan fingerprint density at radius 2 is 1.09 bits per heavy atom. The van der Waals surface area contributed by atoms with Gasteiger partial charge in [-0.15, -0.1) is 0 Å². The molecule has 0 spiro atoms. The van der Waals surface area contributed by atoms with E-state index in [1.807, 2.05) is 0 Å². The van der Waals surface area contributed by atoms with Gasteiger partial charge in [0.15, 0.2) is 0 Å². The summed E-state index contributed by atoms with van der Waals surface area (Å²) < 4.78 is 0. The number of benzene rings is 4. The molecule has 0 heterocycles. The average molecular weight is 445 g/mol. The van der Waals surface area contributed by atoms with Crippen LogP contribution in [0.5, 0.6) is 0 Å². The van der Waals surface area contributed by atoms with Gasteiger partial charge in [-0.1, -0.05) is 37.6 Å². The van der Waals surface area contributed by atoms with Crippen LogP contribution in [0.2, 0.25) is 0 Å². The Kier molecular flexibility index (Phi) is 5.58. The predicted molar refractivity (Wildman–Crippen MR) is 144 cm³/mol. The predicted octanol–water partition coefficient (Wildman–Crippen LogP) is 8.44. The van der Waals surface area contributed by atoms with Crippen molar-refractivity contribution in [3.8, 4) is 0 Å². The summed E-state index contributed by atoms with van der Waals surface area (Å²) in [5.41, 5.74) is 13.3. The fourth-order valence-electron chi connectivity index (χ4n) is 5.08. The van der Waals surface area contributed by atoms with Crippen molar-refractivity contribution in [3.05, 3.63) is 113 Å². The topological polar surface area (TPSA) is 15.3 Å². The lowest BCUT2D eigenvalue weighted by molar-refractivity contribution is 0.795. The Balaban J connectivity index is 1.27. The van der Waals surface area contributed by atoms with Gasteiger partial charge in [-0.3, -0.25) is 0 Å². The van der Waals surface area contributed by atoms with Gasteiger partial charge in [-0.25, -0.2) is 0 Å². The van der Waals surface area contributed by atoms with Crippen molar-refractivity contribution in [1.82, 2.24) is 0 Å². The van der Waals surface area contributed by atoms with Crippen molar-refractivity contribution in [2.75, 3.05) is 10.2 Å². The Morgan fingerprint density at radius 1 is 0.588 bits per heavy atom. The molecule has 2 heteroatoms. The minimum atomic E-state index is 1.11. The molecule has 0 aromatic heterocycles. The maximum absolute atomic E-state index is 3.57. The Morgan fingerprint density at radius 3 is 1.56 bits per heavy atom. The number of fused-ring (bicyclic) bond motifs is 2. The number of nitrogens with zero attached hydrogens (tertiary/aromatic N) is 1. The maximum atomic E-state index is 3.57. The summed E-state index contributed by atoms with van der Waals surface area (Å²) in [6.45, 7) is 2.24. The van der Waals surface area contributed by atoms with Gasteiger partial charge >= 0.3 is 0 Å². The second-order valence-electron chi connectivity index (χ2n) is 9.71. The zero-order valence-corrected chi connectivity index (χ0v) is 20.0. The maximum Gasteiger partial charge on any atom is 0.0464 e. The van der Waals surface area contributed by atoms with E-state index in [2.05, 4.69) is 102 Å². The normalized spacial score (nSPS) is 13.3. The van der Waals surface area contributed by atoms with E-state index in [0.717, 1.165) is 17.8 Å². The van der Waals surface area contributed by atoms with Crippen LogP contribution in [0.25, 0.3) is 0 Å². The standard InChI is InChI=1S/C32H32N2/c1-2-3-4-23-5-13-28(14-6-23)33-29-15-19-30(20-16-29)34(31-17-11-24-7-9-26(24)21-31)32-18-12-25-8-10-27(25)22-32/h5-6,11-22,33H,2-4,7-10H2,1H3. The van der Waals surface area contributed by atoms with Crippen LogP contribution in [0, 0.1) is 0 Å². The molecule has 2 nitrogen and oxygen atoms in total. The van der Waals surface area contributed by atoms with Gasteiger partial charge in [0.05, 0.1) is 0 Å². The van der Waals surface area contributed by atoms with Gasteiger partial charge in [-0.05, 0) is 127 Å². The molecule has 0 bridgehead atoms. The summed E-state index contributed by atoms with van der Waals surface area (Å²) in [5, 5.41) is 3.57. The number of rotatable bonds is 8. The fraction of sp³-hybridized carbons (Fsp3) is 0.250. The third-order valence-corrected chi connectivity index (χ3v) is 7.41. The molecule has 4 aromatic rings. The summed E-state index contributed by atoms with van der Waals surface area (Å²) in [6, 6.07) is 31.6. The highest BCUT2D eigenvalue weighted by molar-refractivity contribution is 5.79. The van der Waals surface area contributed by atoms with Crippen LogP contribution in [0.4, 0.5) is 28.4 Å². The molecule has 0 saturated carbocycles. The lowest BCUT2D eigenvalue weighted by Crippen LogP contribution is -2.15. The molecular formula is C32H32N2. The van der Waals surface area contributed by atoms with Crippen molar-refractivity contribution in [3.63, 3.8) is 0 Å². The van der Waals surface area contributed by atoms with Crippen LogP contribution < -0.4 is 10.2 Å². The first-order valence-corrected chi connectivity index (χ1v) is 12.8. The second kappa shape index (κ2) is 9.02. The highest BCUT2D eigenvalue weighted by Gasteiger charge is 2.20. The summed E-state index contributed by atoms with van der Waals surface area (Å²) in [6.07, 6.45) is 8.47. The zero-order chi connectivity index (χ0) is 22.9. The van der Waals surface area contributed by atoms with Crippen molar-refractivity contribution in [2.45, 2.75) is 51.9 Å². The molecule has 2 aliphatic carbocycles.